The van der Waals surface area contributed by atoms with Crippen LogP contribution < -0.4 is 15.4 Å². The minimum atomic E-state index is 0.604. The molecule has 0 fully saturated rings. The molecule has 0 aliphatic rings. The van der Waals surface area contributed by atoms with Gasteiger partial charge >= 0.3 is 0 Å². The summed E-state index contributed by atoms with van der Waals surface area (Å²) in [5, 5.41) is 9.72. The van der Waals surface area contributed by atoms with Crippen LogP contribution in [0.4, 0.5) is 0 Å². The van der Waals surface area contributed by atoms with Crippen LogP contribution in [0.25, 0.3) is 0 Å². The molecule has 2 N–H and O–H groups in total. The van der Waals surface area contributed by atoms with E-state index in [1.54, 1.807) is 31.7 Å². The lowest BCUT2D eigenvalue weighted by molar-refractivity contribution is 0.392. The zero-order valence-corrected chi connectivity index (χ0v) is 13.9. The summed E-state index contributed by atoms with van der Waals surface area (Å²) in [7, 11) is 3.37. The molecule has 2 aromatic heterocycles. The van der Waals surface area contributed by atoms with Crippen molar-refractivity contribution in [3.8, 4) is 5.88 Å². The molecule has 22 heavy (non-hydrogen) atoms. The fraction of sp³-hybridized carbons (Fsp3) is 0.400. The molecule has 0 aromatic carbocycles. The second-order valence-corrected chi connectivity index (χ2v) is 5.69. The number of ether oxygens (including phenoxy) is 1. The van der Waals surface area contributed by atoms with Gasteiger partial charge in [0.2, 0.25) is 5.88 Å². The van der Waals surface area contributed by atoms with Gasteiger partial charge in [-0.15, -0.1) is 11.3 Å². The van der Waals surface area contributed by atoms with Crippen LogP contribution in [0.1, 0.15) is 16.3 Å². The second kappa shape index (κ2) is 8.33. The summed E-state index contributed by atoms with van der Waals surface area (Å²) in [6, 6.07) is 3.87. The van der Waals surface area contributed by atoms with Crippen LogP contribution in [-0.4, -0.2) is 36.6 Å². The van der Waals surface area contributed by atoms with E-state index < -0.39 is 0 Å². The number of hydrogen-bond donors (Lipinski definition) is 2. The molecular formula is C15H21N5OS. The Morgan fingerprint density at radius 3 is 2.95 bits per heavy atom. The molecule has 2 aromatic rings. The number of aryl methyl sites for hydroxylation is 1. The number of thiazole rings is 1. The van der Waals surface area contributed by atoms with Crippen molar-refractivity contribution < 1.29 is 4.74 Å². The van der Waals surface area contributed by atoms with E-state index in [9.17, 15) is 0 Å². The molecule has 7 heteroatoms. The Balaban J connectivity index is 1.80. The standard InChI is InChI=1S/C15H21N5OS/c1-11-20-13(10-22-11)6-8-18-15(16-2)19-9-12-5-4-7-17-14(12)21-3/h4-5,7,10H,6,8-9H2,1-3H3,(H2,16,18,19). The summed E-state index contributed by atoms with van der Waals surface area (Å²) in [6.07, 6.45) is 2.59. The van der Waals surface area contributed by atoms with Crippen molar-refractivity contribution in [1.82, 2.24) is 20.6 Å². The van der Waals surface area contributed by atoms with Crippen molar-refractivity contribution in [3.05, 3.63) is 40.0 Å². The van der Waals surface area contributed by atoms with E-state index in [1.807, 2.05) is 19.1 Å². The van der Waals surface area contributed by atoms with Crippen molar-refractivity contribution in [3.63, 3.8) is 0 Å². The first kappa shape index (κ1) is 16.2. The number of guanidine groups is 1. The summed E-state index contributed by atoms with van der Waals surface area (Å²) >= 11 is 1.68. The number of aliphatic imine (C=N–C) groups is 1. The van der Waals surface area contributed by atoms with E-state index >= 15 is 0 Å². The SMILES string of the molecule is CN=C(NCCc1csc(C)n1)NCc1cccnc1OC. The van der Waals surface area contributed by atoms with Crippen LogP contribution in [0.5, 0.6) is 5.88 Å². The van der Waals surface area contributed by atoms with Gasteiger partial charge in [-0.1, -0.05) is 6.07 Å². The lowest BCUT2D eigenvalue weighted by Gasteiger charge is -2.12. The van der Waals surface area contributed by atoms with Crippen LogP contribution in [-0.2, 0) is 13.0 Å². The van der Waals surface area contributed by atoms with Gasteiger partial charge in [-0.05, 0) is 13.0 Å². The number of hydrogen-bond acceptors (Lipinski definition) is 5. The Kier molecular flexibility index (Phi) is 6.14. The van der Waals surface area contributed by atoms with E-state index in [0.29, 0.717) is 12.4 Å². The lowest BCUT2D eigenvalue weighted by Crippen LogP contribution is -2.38. The number of aromatic nitrogens is 2. The molecule has 2 rings (SSSR count). The Hall–Kier alpha value is -2.15. The largest absolute Gasteiger partial charge is 0.481 e. The zero-order chi connectivity index (χ0) is 15.8. The summed E-state index contributed by atoms with van der Waals surface area (Å²) in [4.78, 5) is 12.8. The van der Waals surface area contributed by atoms with Gasteiger partial charge in [0.15, 0.2) is 5.96 Å². The summed E-state index contributed by atoms with van der Waals surface area (Å²) in [5.74, 6) is 1.38. The quantitative estimate of drug-likeness (QED) is 0.627. The van der Waals surface area contributed by atoms with Gasteiger partial charge in [0.05, 0.1) is 17.8 Å². The number of methoxy groups -OCH3 is 1. The number of pyridine rings is 1. The van der Waals surface area contributed by atoms with Crippen molar-refractivity contribution in [2.75, 3.05) is 20.7 Å². The molecule has 118 valence electrons. The number of rotatable bonds is 6. The van der Waals surface area contributed by atoms with Crippen molar-refractivity contribution in [1.29, 1.82) is 0 Å². The lowest BCUT2D eigenvalue weighted by atomic mass is 10.2. The van der Waals surface area contributed by atoms with Crippen molar-refractivity contribution in [2.24, 2.45) is 4.99 Å². The van der Waals surface area contributed by atoms with Crippen molar-refractivity contribution in [2.45, 2.75) is 19.9 Å². The first-order valence-electron chi connectivity index (χ1n) is 7.06. The molecule has 0 aliphatic heterocycles. The molecule has 0 saturated heterocycles. The second-order valence-electron chi connectivity index (χ2n) is 4.63. The maximum absolute atomic E-state index is 5.23. The molecule has 2 heterocycles. The van der Waals surface area contributed by atoms with Crippen LogP contribution in [0.3, 0.4) is 0 Å². The fourth-order valence-corrected chi connectivity index (χ4v) is 2.62. The van der Waals surface area contributed by atoms with Crippen LogP contribution in [0.15, 0.2) is 28.7 Å². The summed E-state index contributed by atoms with van der Waals surface area (Å²) in [6.45, 7) is 3.41. The van der Waals surface area contributed by atoms with Crippen LogP contribution in [0, 0.1) is 6.92 Å². The maximum Gasteiger partial charge on any atom is 0.218 e. The highest BCUT2D eigenvalue weighted by atomic mass is 32.1. The van der Waals surface area contributed by atoms with Gasteiger partial charge in [0, 0.05) is 43.7 Å². The predicted octanol–water partition coefficient (Wildman–Crippen LogP) is 1.76. The van der Waals surface area contributed by atoms with E-state index in [-0.39, 0.29) is 0 Å². The molecule has 0 spiro atoms. The average molecular weight is 319 g/mol. The minimum absolute atomic E-state index is 0.604. The Bertz CT molecular complexity index is 626. The molecule has 0 unspecified atom stereocenters. The highest BCUT2D eigenvalue weighted by molar-refractivity contribution is 7.09. The third kappa shape index (κ3) is 4.70. The Labute approximate surface area is 134 Å². The third-order valence-corrected chi connectivity index (χ3v) is 3.88. The molecule has 6 nitrogen and oxygen atoms in total. The van der Waals surface area contributed by atoms with Gasteiger partial charge in [-0.25, -0.2) is 9.97 Å². The van der Waals surface area contributed by atoms with Gasteiger partial charge in [-0.2, -0.15) is 0 Å². The van der Waals surface area contributed by atoms with E-state index in [2.05, 4.69) is 31.0 Å². The first-order valence-corrected chi connectivity index (χ1v) is 7.94. The minimum Gasteiger partial charge on any atom is -0.481 e. The Morgan fingerprint density at radius 2 is 2.27 bits per heavy atom. The smallest absolute Gasteiger partial charge is 0.218 e. The van der Waals surface area contributed by atoms with E-state index in [0.717, 1.165) is 35.2 Å². The molecule has 0 atom stereocenters. The molecule has 0 saturated carbocycles. The zero-order valence-electron chi connectivity index (χ0n) is 13.1. The van der Waals surface area contributed by atoms with Gasteiger partial charge < -0.3 is 15.4 Å². The number of nitrogens with one attached hydrogen (secondary N) is 2. The normalized spacial score (nSPS) is 11.3. The molecule has 0 amide bonds. The monoisotopic (exact) mass is 319 g/mol. The van der Waals surface area contributed by atoms with Crippen molar-refractivity contribution >= 4 is 17.3 Å². The van der Waals surface area contributed by atoms with Crippen LogP contribution in [0.2, 0.25) is 0 Å². The summed E-state index contributed by atoms with van der Waals surface area (Å²) in [5.41, 5.74) is 2.10. The Morgan fingerprint density at radius 1 is 1.41 bits per heavy atom. The molecule has 0 bridgehead atoms. The maximum atomic E-state index is 5.23. The number of nitrogens with zero attached hydrogens (tertiary/aromatic N) is 3. The molecule has 0 radical (unpaired) electrons. The average Bonchev–Trinajstić information content (AvgIpc) is 2.96. The highest BCUT2D eigenvalue weighted by Gasteiger charge is 2.05. The topological polar surface area (TPSA) is 71.4 Å². The van der Waals surface area contributed by atoms with Gasteiger partial charge in [0.1, 0.15) is 0 Å². The molecular weight excluding hydrogens is 298 g/mol. The van der Waals surface area contributed by atoms with E-state index in [1.165, 1.54) is 0 Å². The van der Waals surface area contributed by atoms with Gasteiger partial charge in [-0.3, -0.25) is 4.99 Å². The van der Waals surface area contributed by atoms with Gasteiger partial charge in [0.25, 0.3) is 0 Å². The van der Waals surface area contributed by atoms with Crippen LogP contribution >= 0.6 is 11.3 Å². The third-order valence-electron chi connectivity index (χ3n) is 3.05. The fourth-order valence-electron chi connectivity index (χ4n) is 1.97. The molecule has 0 aliphatic carbocycles. The first-order chi connectivity index (χ1) is 10.7. The highest BCUT2D eigenvalue weighted by Crippen LogP contribution is 2.12. The predicted molar refractivity (Wildman–Crippen MR) is 89.5 cm³/mol. The van der Waals surface area contributed by atoms with E-state index in [4.69, 9.17) is 4.74 Å². The summed E-state index contributed by atoms with van der Waals surface area (Å²) < 4.78 is 5.23.